The van der Waals surface area contributed by atoms with Crippen molar-refractivity contribution < 1.29 is 9.53 Å². The quantitative estimate of drug-likeness (QED) is 0.633. The van der Waals surface area contributed by atoms with Crippen LogP contribution in [0.4, 0.5) is 17.5 Å². The summed E-state index contributed by atoms with van der Waals surface area (Å²) in [5.74, 6) is 2.14. The van der Waals surface area contributed by atoms with Crippen LogP contribution < -0.4 is 20.3 Å². The predicted octanol–water partition coefficient (Wildman–Crippen LogP) is 3.94. The largest absolute Gasteiger partial charge is 0.495 e. The topological polar surface area (TPSA) is 79.4 Å². The van der Waals surface area contributed by atoms with E-state index in [2.05, 4.69) is 25.5 Å². The van der Waals surface area contributed by atoms with Gasteiger partial charge in [0.05, 0.1) is 12.8 Å². The van der Waals surface area contributed by atoms with Gasteiger partial charge in [0.15, 0.2) is 0 Å². The van der Waals surface area contributed by atoms with Gasteiger partial charge in [-0.3, -0.25) is 4.79 Å². The van der Waals surface area contributed by atoms with E-state index in [0.29, 0.717) is 17.3 Å². The van der Waals surface area contributed by atoms with Crippen molar-refractivity contribution in [3.63, 3.8) is 0 Å². The van der Waals surface area contributed by atoms with Crippen LogP contribution in [0.3, 0.4) is 0 Å². The molecular weight excluding hydrogens is 390 g/mol. The molecule has 1 fully saturated rings. The molecule has 3 aromatic rings. The van der Waals surface area contributed by atoms with Crippen LogP contribution in [0.25, 0.3) is 0 Å². The van der Waals surface area contributed by atoms with Gasteiger partial charge in [0, 0.05) is 30.9 Å². The Morgan fingerprint density at radius 3 is 2.55 bits per heavy atom. The number of piperidine rings is 1. The highest BCUT2D eigenvalue weighted by atomic mass is 16.5. The molecule has 2 heterocycles. The Kier molecular flexibility index (Phi) is 6.31. The number of methoxy groups -OCH3 is 1. The zero-order valence-electron chi connectivity index (χ0n) is 17.8. The highest BCUT2D eigenvalue weighted by Gasteiger charge is 2.23. The fraction of sp³-hybridized carbons (Fsp3) is 0.292. The standard InChI is InChI=1S/C24H27N5O2/c1-17-7-9-18(10-8-17)23(30)26-19-12-15-29(16-13-19)24-25-14-11-22(28-24)27-20-5-3-4-6-21(20)31-2/h3-11,14,19H,12-13,15-16H2,1-2H3,(H,26,30)(H,25,27,28). The smallest absolute Gasteiger partial charge is 0.251 e. The molecule has 1 aliphatic heterocycles. The molecule has 2 N–H and O–H groups in total. The molecule has 160 valence electrons. The van der Waals surface area contributed by atoms with E-state index in [0.717, 1.165) is 42.9 Å². The van der Waals surface area contributed by atoms with E-state index < -0.39 is 0 Å². The van der Waals surface area contributed by atoms with Crippen LogP contribution in [0.5, 0.6) is 5.75 Å². The summed E-state index contributed by atoms with van der Waals surface area (Å²) in [6.45, 7) is 3.59. The van der Waals surface area contributed by atoms with E-state index in [4.69, 9.17) is 4.74 Å². The molecule has 0 spiro atoms. The van der Waals surface area contributed by atoms with Crippen LogP contribution in [-0.4, -0.2) is 42.1 Å². The van der Waals surface area contributed by atoms with Crippen molar-refractivity contribution in [2.75, 3.05) is 30.4 Å². The molecule has 31 heavy (non-hydrogen) atoms. The van der Waals surface area contributed by atoms with Crippen molar-refractivity contribution in [3.8, 4) is 5.75 Å². The number of benzene rings is 2. The molecule has 0 atom stereocenters. The Balaban J connectivity index is 1.35. The van der Waals surface area contributed by atoms with Crippen molar-refractivity contribution in [2.24, 2.45) is 0 Å². The monoisotopic (exact) mass is 417 g/mol. The molecule has 0 saturated carbocycles. The summed E-state index contributed by atoms with van der Waals surface area (Å²) in [6, 6.07) is 17.4. The normalized spacial score (nSPS) is 14.2. The molecule has 4 rings (SSSR count). The first-order chi connectivity index (χ1) is 15.1. The molecule has 1 aliphatic rings. The van der Waals surface area contributed by atoms with Crippen LogP contribution >= 0.6 is 0 Å². The maximum Gasteiger partial charge on any atom is 0.251 e. The van der Waals surface area contributed by atoms with Gasteiger partial charge in [0.25, 0.3) is 5.91 Å². The van der Waals surface area contributed by atoms with Crippen LogP contribution in [0.2, 0.25) is 0 Å². The lowest BCUT2D eigenvalue weighted by Gasteiger charge is -2.32. The number of carbonyl (C=O) groups excluding carboxylic acids is 1. The summed E-state index contributed by atoms with van der Waals surface area (Å²) >= 11 is 0. The molecule has 0 unspecified atom stereocenters. The van der Waals surface area contributed by atoms with Gasteiger partial charge >= 0.3 is 0 Å². The van der Waals surface area contributed by atoms with Crippen molar-refractivity contribution in [2.45, 2.75) is 25.8 Å². The van der Waals surface area contributed by atoms with Gasteiger partial charge in [-0.05, 0) is 50.1 Å². The van der Waals surface area contributed by atoms with Crippen molar-refractivity contribution in [1.82, 2.24) is 15.3 Å². The minimum Gasteiger partial charge on any atom is -0.495 e. The third-order valence-corrected chi connectivity index (χ3v) is 5.44. The van der Waals surface area contributed by atoms with E-state index in [9.17, 15) is 4.79 Å². The second-order valence-electron chi connectivity index (χ2n) is 7.67. The van der Waals surface area contributed by atoms with Gasteiger partial charge < -0.3 is 20.3 Å². The van der Waals surface area contributed by atoms with E-state index in [-0.39, 0.29) is 11.9 Å². The molecule has 0 aliphatic carbocycles. The number of hydrogen-bond acceptors (Lipinski definition) is 6. The Labute approximate surface area is 182 Å². The number of carbonyl (C=O) groups is 1. The predicted molar refractivity (Wildman–Crippen MR) is 122 cm³/mol. The third-order valence-electron chi connectivity index (χ3n) is 5.44. The third kappa shape index (κ3) is 5.12. The molecule has 0 bridgehead atoms. The number of aryl methyl sites for hydroxylation is 1. The maximum atomic E-state index is 12.5. The highest BCUT2D eigenvalue weighted by molar-refractivity contribution is 5.94. The summed E-state index contributed by atoms with van der Waals surface area (Å²) in [7, 11) is 1.65. The van der Waals surface area contributed by atoms with Crippen molar-refractivity contribution in [1.29, 1.82) is 0 Å². The molecule has 1 amide bonds. The lowest BCUT2D eigenvalue weighted by atomic mass is 10.0. The van der Waals surface area contributed by atoms with Crippen LogP contribution in [0.15, 0.2) is 60.8 Å². The Morgan fingerprint density at radius 1 is 1.06 bits per heavy atom. The number of ether oxygens (including phenoxy) is 1. The summed E-state index contributed by atoms with van der Waals surface area (Å²) in [4.78, 5) is 23.7. The van der Waals surface area contributed by atoms with Crippen molar-refractivity contribution in [3.05, 3.63) is 71.9 Å². The number of aromatic nitrogens is 2. The average molecular weight is 418 g/mol. The lowest BCUT2D eigenvalue weighted by molar-refractivity contribution is 0.0931. The zero-order chi connectivity index (χ0) is 21.6. The van der Waals surface area contributed by atoms with Crippen LogP contribution in [-0.2, 0) is 0 Å². The minimum atomic E-state index is -0.0160. The number of rotatable bonds is 6. The first-order valence-electron chi connectivity index (χ1n) is 10.5. The number of anilines is 3. The first-order valence-corrected chi connectivity index (χ1v) is 10.5. The van der Waals surface area contributed by atoms with E-state index in [1.807, 2.05) is 61.5 Å². The van der Waals surface area contributed by atoms with E-state index >= 15 is 0 Å². The molecular formula is C24H27N5O2. The Hall–Kier alpha value is -3.61. The molecule has 7 nitrogen and oxygen atoms in total. The second-order valence-corrected chi connectivity index (χ2v) is 7.67. The lowest BCUT2D eigenvalue weighted by Crippen LogP contribution is -2.45. The summed E-state index contributed by atoms with van der Waals surface area (Å²) in [6.07, 6.45) is 3.46. The van der Waals surface area contributed by atoms with E-state index in [1.54, 1.807) is 13.3 Å². The molecule has 2 aromatic carbocycles. The van der Waals surface area contributed by atoms with Gasteiger partial charge in [-0.1, -0.05) is 29.8 Å². The zero-order valence-corrected chi connectivity index (χ0v) is 17.8. The Morgan fingerprint density at radius 2 is 1.81 bits per heavy atom. The summed E-state index contributed by atoms with van der Waals surface area (Å²) in [5.41, 5.74) is 2.70. The van der Waals surface area contributed by atoms with Crippen LogP contribution in [0.1, 0.15) is 28.8 Å². The van der Waals surface area contributed by atoms with Crippen LogP contribution in [0, 0.1) is 6.92 Å². The minimum absolute atomic E-state index is 0.0160. The molecule has 0 radical (unpaired) electrons. The van der Waals surface area contributed by atoms with Gasteiger partial charge in [-0.15, -0.1) is 0 Å². The average Bonchev–Trinajstić information content (AvgIpc) is 2.80. The summed E-state index contributed by atoms with van der Waals surface area (Å²) in [5, 5.41) is 6.45. The summed E-state index contributed by atoms with van der Waals surface area (Å²) < 4.78 is 5.39. The SMILES string of the molecule is COc1ccccc1Nc1ccnc(N2CCC(NC(=O)c3ccc(C)cc3)CC2)n1. The number of nitrogens with zero attached hydrogens (tertiary/aromatic N) is 3. The molecule has 1 aromatic heterocycles. The number of nitrogens with one attached hydrogen (secondary N) is 2. The van der Waals surface area contributed by atoms with Crippen molar-refractivity contribution >= 4 is 23.4 Å². The van der Waals surface area contributed by atoms with E-state index in [1.165, 1.54) is 0 Å². The van der Waals surface area contributed by atoms with Gasteiger partial charge in [-0.2, -0.15) is 4.98 Å². The number of para-hydroxylation sites is 2. The molecule has 1 saturated heterocycles. The first kappa shape index (κ1) is 20.7. The molecule has 7 heteroatoms. The van der Waals surface area contributed by atoms with Gasteiger partial charge in [0.1, 0.15) is 11.6 Å². The van der Waals surface area contributed by atoms with Gasteiger partial charge in [0.2, 0.25) is 5.95 Å². The fourth-order valence-electron chi connectivity index (χ4n) is 3.65. The maximum absolute atomic E-state index is 12.5. The highest BCUT2D eigenvalue weighted by Crippen LogP contribution is 2.27. The van der Waals surface area contributed by atoms with Gasteiger partial charge in [-0.25, -0.2) is 4.98 Å². The fourth-order valence-corrected chi connectivity index (χ4v) is 3.65. The number of hydrogen-bond donors (Lipinski definition) is 2. The second kappa shape index (κ2) is 9.47. The Bertz CT molecular complexity index is 1030. The number of amides is 1.